The zero-order valence-electron chi connectivity index (χ0n) is 36.4. The van der Waals surface area contributed by atoms with Crippen molar-refractivity contribution in [2.75, 3.05) is 24.7 Å². The van der Waals surface area contributed by atoms with Crippen molar-refractivity contribution in [1.29, 1.82) is 0 Å². The van der Waals surface area contributed by atoms with E-state index in [0.717, 1.165) is 25.3 Å². The number of carboxylic acids is 4. The molecular formula is C41H58N8O15S2. The smallest absolute Gasteiger partial charge is 0.327 e. The largest absolute Gasteiger partial charge is 0.481 e. The molecule has 0 aliphatic heterocycles. The van der Waals surface area contributed by atoms with Gasteiger partial charge in [0.05, 0.1) is 29.9 Å². The number of thiol groups is 1. The van der Waals surface area contributed by atoms with Crippen molar-refractivity contribution < 1.29 is 72.0 Å². The van der Waals surface area contributed by atoms with Gasteiger partial charge in [0.25, 0.3) is 10.0 Å². The van der Waals surface area contributed by atoms with E-state index in [1.807, 2.05) is 0 Å². The standard InChI is InChI=1S/C41H58N8O15S2/c1-48(2)29-12-6-11-24-23(29)10-7-13-31(24)66(63,64)49(33(50)20-32(43)47-38(58)26(14-16-34(51)52)44-37(57)25(42)19-36(55)56)30(15-17-35(53)54)40(60)45-27(18-22-8-4-3-5-9-22)39(59)46-28(21-65)41(61)62/h6-7,10-13,22,25-28,30,32,65H,3-5,8-9,14-21,42-43H2,1-2H3,(H,44,57)(H,45,60)(H,46,59)(H,47,58)(H,51,52)(H,53,54)(H,55,56)(H,61,62)/t25-,26-,27-,28-,30-,32?/m0/s1. The number of nitrogens with two attached hydrogens (primary N) is 2. The topological polar surface area (TPSA) is 375 Å². The van der Waals surface area contributed by atoms with Gasteiger partial charge < -0.3 is 58.1 Å². The summed E-state index contributed by atoms with van der Waals surface area (Å²) in [5.74, 6) is -12.3. The number of nitrogens with zero attached hydrogens (tertiary/aromatic N) is 2. The molecule has 23 nitrogen and oxygen atoms in total. The number of sulfonamides is 1. The number of carbonyl (C=O) groups is 9. The molecule has 0 aromatic heterocycles. The minimum atomic E-state index is -5.25. The van der Waals surface area contributed by atoms with Crippen LogP contribution in [0.3, 0.4) is 0 Å². The Morgan fingerprint density at radius 3 is 1.83 bits per heavy atom. The van der Waals surface area contributed by atoms with Crippen molar-refractivity contribution >= 4 is 92.5 Å². The lowest BCUT2D eigenvalue weighted by Crippen LogP contribution is -2.59. The summed E-state index contributed by atoms with van der Waals surface area (Å²) >= 11 is 3.99. The lowest BCUT2D eigenvalue weighted by Gasteiger charge is -2.33. The van der Waals surface area contributed by atoms with E-state index in [4.69, 9.17) is 16.6 Å². The fourth-order valence-electron chi connectivity index (χ4n) is 7.50. The lowest BCUT2D eigenvalue weighted by atomic mass is 9.84. The number of benzene rings is 2. The van der Waals surface area contributed by atoms with E-state index >= 15 is 8.42 Å². The number of hydrogen-bond donors (Lipinski definition) is 11. The highest BCUT2D eigenvalue weighted by Gasteiger charge is 2.43. The number of anilines is 1. The predicted octanol–water partition coefficient (Wildman–Crippen LogP) is -0.446. The third-order valence-electron chi connectivity index (χ3n) is 10.8. The van der Waals surface area contributed by atoms with Gasteiger partial charge in [-0.15, -0.1) is 0 Å². The summed E-state index contributed by atoms with van der Waals surface area (Å²) in [4.78, 5) is 117. The summed E-state index contributed by atoms with van der Waals surface area (Å²) in [7, 11) is -1.85. The van der Waals surface area contributed by atoms with E-state index in [0.29, 0.717) is 23.9 Å². The first-order valence-corrected chi connectivity index (χ1v) is 23.0. The minimum Gasteiger partial charge on any atom is -0.481 e. The molecule has 1 fully saturated rings. The van der Waals surface area contributed by atoms with E-state index in [1.165, 1.54) is 12.1 Å². The van der Waals surface area contributed by atoms with E-state index < -0.39 is 143 Å². The molecule has 1 aliphatic rings. The van der Waals surface area contributed by atoms with Crippen LogP contribution in [0.4, 0.5) is 5.69 Å². The molecule has 0 heterocycles. The van der Waals surface area contributed by atoms with Gasteiger partial charge in [0.15, 0.2) is 0 Å². The van der Waals surface area contributed by atoms with Crippen molar-refractivity contribution in [2.24, 2.45) is 17.4 Å². The first-order valence-electron chi connectivity index (χ1n) is 21.0. The minimum absolute atomic E-state index is 0.0306. The molecule has 1 unspecified atom stereocenters. The summed E-state index contributed by atoms with van der Waals surface area (Å²) in [6.45, 7) is 0. The van der Waals surface area contributed by atoms with Gasteiger partial charge in [-0.05, 0) is 37.3 Å². The van der Waals surface area contributed by atoms with Gasteiger partial charge in [-0.3, -0.25) is 38.4 Å². The third kappa shape index (κ3) is 15.5. The van der Waals surface area contributed by atoms with Crippen LogP contribution >= 0.6 is 12.6 Å². The maximum atomic E-state index is 15.1. The monoisotopic (exact) mass is 966 g/mol. The Bertz CT molecular complexity index is 2240. The zero-order valence-corrected chi connectivity index (χ0v) is 38.1. The van der Waals surface area contributed by atoms with E-state index in [2.05, 4.69) is 33.9 Å². The van der Waals surface area contributed by atoms with Gasteiger partial charge in [0.1, 0.15) is 24.2 Å². The summed E-state index contributed by atoms with van der Waals surface area (Å²) in [5, 5.41) is 47.3. The number of nitrogens with one attached hydrogen (secondary N) is 4. The Labute approximate surface area is 385 Å². The fraction of sp³-hybridized carbons (Fsp3) is 0.537. The van der Waals surface area contributed by atoms with E-state index in [9.17, 15) is 58.5 Å². The van der Waals surface area contributed by atoms with Crippen LogP contribution < -0.4 is 37.6 Å². The second-order valence-corrected chi connectivity index (χ2v) is 18.2. The van der Waals surface area contributed by atoms with Crippen molar-refractivity contribution in [3.05, 3.63) is 36.4 Å². The molecular weight excluding hydrogens is 909 g/mol. The third-order valence-corrected chi connectivity index (χ3v) is 13.1. The van der Waals surface area contributed by atoms with Gasteiger partial charge in [-0.2, -0.15) is 12.6 Å². The molecule has 1 aliphatic carbocycles. The average molecular weight is 967 g/mol. The second-order valence-electron chi connectivity index (χ2n) is 16.1. The number of carboxylic acid groups (broad SMARTS) is 4. The van der Waals surface area contributed by atoms with Gasteiger partial charge in [0.2, 0.25) is 29.5 Å². The van der Waals surface area contributed by atoms with Gasteiger partial charge >= 0.3 is 23.9 Å². The molecule has 66 heavy (non-hydrogen) atoms. The summed E-state index contributed by atoms with van der Waals surface area (Å²) in [5.41, 5.74) is 12.3. The van der Waals surface area contributed by atoms with Crippen LogP contribution in [-0.2, 0) is 53.2 Å². The van der Waals surface area contributed by atoms with Crippen molar-refractivity contribution in [1.82, 2.24) is 25.6 Å². The molecule has 0 radical (unpaired) electrons. The normalized spacial score (nSPS) is 15.7. The maximum absolute atomic E-state index is 15.1. The van der Waals surface area contributed by atoms with Crippen molar-refractivity contribution in [2.45, 2.75) is 118 Å². The van der Waals surface area contributed by atoms with Crippen LogP contribution in [-0.4, -0.2) is 143 Å². The van der Waals surface area contributed by atoms with E-state index in [1.54, 1.807) is 37.2 Å². The average Bonchev–Trinajstić information content (AvgIpc) is 3.24. The summed E-state index contributed by atoms with van der Waals surface area (Å²) in [6, 6.07) is 0.222. The molecule has 2 aromatic carbocycles. The van der Waals surface area contributed by atoms with Gasteiger partial charge in [-0.25, -0.2) is 17.5 Å². The highest BCUT2D eigenvalue weighted by atomic mass is 32.2. The van der Waals surface area contributed by atoms with Crippen LogP contribution in [0.15, 0.2) is 41.3 Å². The molecule has 0 saturated heterocycles. The molecule has 364 valence electrons. The Hall–Kier alpha value is -6.05. The van der Waals surface area contributed by atoms with Crippen molar-refractivity contribution in [3.8, 4) is 0 Å². The highest BCUT2D eigenvalue weighted by molar-refractivity contribution is 7.90. The Balaban J connectivity index is 2.17. The van der Waals surface area contributed by atoms with Crippen LogP contribution in [0.1, 0.15) is 77.0 Å². The molecule has 5 amide bonds. The number of aliphatic carboxylic acids is 4. The van der Waals surface area contributed by atoms with Crippen LogP contribution in [0.25, 0.3) is 10.8 Å². The molecule has 1 saturated carbocycles. The molecule has 25 heteroatoms. The number of fused-ring (bicyclic) bond motifs is 1. The maximum Gasteiger partial charge on any atom is 0.327 e. The highest BCUT2D eigenvalue weighted by Crippen LogP contribution is 2.34. The number of amides is 5. The molecule has 2 aromatic rings. The van der Waals surface area contributed by atoms with Gasteiger partial charge in [0, 0.05) is 49.1 Å². The lowest BCUT2D eigenvalue weighted by molar-refractivity contribution is -0.142. The quantitative estimate of drug-likeness (QED) is 0.0420. The number of carbonyl (C=O) groups excluding carboxylic acids is 5. The first kappa shape index (κ1) is 54.3. The van der Waals surface area contributed by atoms with Crippen molar-refractivity contribution in [3.63, 3.8) is 0 Å². The second kappa shape index (κ2) is 25.0. The predicted molar refractivity (Wildman–Crippen MR) is 239 cm³/mol. The Kier molecular flexibility index (Phi) is 20.6. The Morgan fingerprint density at radius 2 is 1.26 bits per heavy atom. The summed E-state index contributed by atoms with van der Waals surface area (Å²) < 4.78 is 30.3. The summed E-state index contributed by atoms with van der Waals surface area (Å²) in [6.07, 6.45) is -3.06. The van der Waals surface area contributed by atoms with Crippen LogP contribution in [0.2, 0.25) is 0 Å². The molecule has 6 atom stereocenters. The SMILES string of the molecule is CN(C)c1cccc2c(S(=O)(=O)N(C(=O)CC(N)NC(=O)[C@H](CCC(=O)O)NC(=O)[C@@H](N)CC(=O)O)[C@@H](CCC(=O)O)C(=O)N[C@@H](CC3CCCCC3)C(=O)N[C@@H](CS)C(=O)O)cccc12. The number of rotatable bonds is 26. The molecule has 0 bridgehead atoms. The zero-order chi connectivity index (χ0) is 49.5. The number of hydrogen-bond acceptors (Lipinski definition) is 15. The fourth-order valence-corrected chi connectivity index (χ4v) is 9.54. The first-order chi connectivity index (χ1) is 31.0. The van der Waals surface area contributed by atoms with Crippen LogP contribution in [0.5, 0.6) is 0 Å². The van der Waals surface area contributed by atoms with E-state index in [-0.39, 0.29) is 27.8 Å². The van der Waals surface area contributed by atoms with Crippen LogP contribution in [0, 0.1) is 5.92 Å². The van der Waals surface area contributed by atoms with Gasteiger partial charge in [-0.1, -0.05) is 56.4 Å². The molecule has 0 spiro atoms. The molecule has 3 rings (SSSR count). The Morgan fingerprint density at radius 1 is 0.697 bits per heavy atom. The molecule has 12 N–H and O–H groups in total.